The maximum absolute atomic E-state index is 4.60. The Balaban J connectivity index is 1.54. The number of aryl methyl sites for hydroxylation is 1. The van der Waals surface area contributed by atoms with E-state index in [9.17, 15) is 0 Å². The first-order chi connectivity index (χ1) is 12.4. The van der Waals surface area contributed by atoms with Gasteiger partial charge in [0.25, 0.3) is 0 Å². The number of unbranched alkanes of at least 4 members (excludes halogenated alkanes) is 4. The monoisotopic (exact) mass is 336 g/mol. The Labute approximate surface area is 153 Å². The Morgan fingerprint density at radius 3 is 2.20 bits per heavy atom. The van der Waals surface area contributed by atoms with Crippen LogP contribution >= 0.6 is 0 Å². The van der Waals surface area contributed by atoms with Crippen LogP contribution in [-0.4, -0.2) is 9.97 Å². The lowest BCUT2D eigenvalue weighted by atomic mass is 9.84. The summed E-state index contributed by atoms with van der Waals surface area (Å²) in [6.07, 6.45) is 18.6. The van der Waals surface area contributed by atoms with Crippen LogP contribution in [0.15, 0.2) is 36.7 Å². The summed E-state index contributed by atoms with van der Waals surface area (Å²) >= 11 is 0. The average molecular weight is 337 g/mol. The highest BCUT2D eigenvalue weighted by Crippen LogP contribution is 2.33. The zero-order chi connectivity index (χ0) is 17.3. The van der Waals surface area contributed by atoms with Crippen LogP contribution in [0.2, 0.25) is 0 Å². The molecule has 0 aliphatic heterocycles. The van der Waals surface area contributed by atoms with Crippen molar-refractivity contribution in [2.24, 2.45) is 0 Å². The van der Waals surface area contributed by atoms with Gasteiger partial charge in [-0.05, 0) is 42.7 Å². The van der Waals surface area contributed by atoms with Gasteiger partial charge in [-0.3, -0.25) is 0 Å². The zero-order valence-electron chi connectivity index (χ0n) is 15.7. The largest absolute Gasteiger partial charge is 0.236 e. The van der Waals surface area contributed by atoms with Crippen LogP contribution in [0.3, 0.4) is 0 Å². The third-order valence-electron chi connectivity index (χ3n) is 5.52. The number of hydrogen-bond acceptors (Lipinski definition) is 2. The fourth-order valence-corrected chi connectivity index (χ4v) is 3.91. The topological polar surface area (TPSA) is 25.8 Å². The van der Waals surface area contributed by atoms with E-state index in [0.29, 0.717) is 0 Å². The minimum atomic E-state index is 0.763. The number of rotatable bonds is 8. The summed E-state index contributed by atoms with van der Waals surface area (Å²) in [6, 6.07) is 8.97. The van der Waals surface area contributed by atoms with Gasteiger partial charge in [0.15, 0.2) is 5.82 Å². The highest BCUT2D eigenvalue weighted by atomic mass is 14.9. The molecule has 1 aliphatic rings. The van der Waals surface area contributed by atoms with Crippen LogP contribution in [0.1, 0.15) is 88.2 Å². The molecule has 1 heterocycles. The van der Waals surface area contributed by atoms with Crippen molar-refractivity contribution in [3.63, 3.8) is 0 Å². The molecule has 0 saturated heterocycles. The van der Waals surface area contributed by atoms with Crippen molar-refractivity contribution >= 4 is 0 Å². The van der Waals surface area contributed by atoms with E-state index < -0.39 is 0 Å². The van der Waals surface area contributed by atoms with Gasteiger partial charge in [0.05, 0.1) is 0 Å². The quantitative estimate of drug-likeness (QED) is 0.501. The van der Waals surface area contributed by atoms with E-state index in [1.807, 2.05) is 12.4 Å². The predicted octanol–water partition coefficient (Wildman–Crippen LogP) is 6.70. The summed E-state index contributed by atoms with van der Waals surface area (Å²) in [6.45, 7) is 2.26. The van der Waals surface area contributed by atoms with Gasteiger partial charge in [-0.2, -0.15) is 0 Å². The van der Waals surface area contributed by atoms with E-state index in [1.54, 1.807) is 0 Å². The fraction of sp³-hybridized carbons (Fsp3) is 0.565. The predicted molar refractivity (Wildman–Crippen MR) is 106 cm³/mol. The Hall–Kier alpha value is -1.70. The SMILES string of the molecule is CCCCCCCc1cnc(-c2ccc(C3CCCCC3)cc2)nc1. The molecule has 0 unspecified atom stereocenters. The van der Waals surface area contributed by atoms with Crippen LogP contribution in [-0.2, 0) is 6.42 Å². The lowest BCUT2D eigenvalue weighted by Gasteiger charge is -2.22. The second-order valence-electron chi connectivity index (χ2n) is 7.54. The van der Waals surface area contributed by atoms with Gasteiger partial charge in [-0.25, -0.2) is 9.97 Å². The van der Waals surface area contributed by atoms with Crippen molar-refractivity contribution in [2.45, 2.75) is 83.5 Å². The molecule has 2 nitrogen and oxygen atoms in total. The van der Waals surface area contributed by atoms with Crippen LogP contribution in [0.5, 0.6) is 0 Å². The Bertz CT molecular complexity index is 610. The van der Waals surface area contributed by atoms with E-state index in [2.05, 4.69) is 41.2 Å². The van der Waals surface area contributed by atoms with E-state index >= 15 is 0 Å². The number of benzene rings is 1. The summed E-state index contributed by atoms with van der Waals surface area (Å²) in [7, 11) is 0. The molecule has 1 fully saturated rings. The van der Waals surface area contributed by atoms with Crippen LogP contribution in [0.25, 0.3) is 11.4 Å². The molecule has 3 rings (SSSR count). The normalized spacial score (nSPS) is 15.4. The lowest BCUT2D eigenvalue weighted by Crippen LogP contribution is -2.04. The van der Waals surface area contributed by atoms with Gasteiger partial charge in [-0.15, -0.1) is 0 Å². The number of nitrogens with zero attached hydrogens (tertiary/aromatic N) is 2. The first-order valence-electron chi connectivity index (χ1n) is 10.3. The molecule has 1 aliphatic carbocycles. The first kappa shape index (κ1) is 18.1. The smallest absolute Gasteiger partial charge is 0.159 e. The van der Waals surface area contributed by atoms with Gasteiger partial charge < -0.3 is 0 Å². The second-order valence-corrected chi connectivity index (χ2v) is 7.54. The van der Waals surface area contributed by atoms with Crippen LogP contribution in [0.4, 0.5) is 0 Å². The summed E-state index contributed by atoms with van der Waals surface area (Å²) in [5.74, 6) is 1.61. The average Bonchev–Trinajstić information content (AvgIpc) is 2.69. The highest BCUT2D eigenvalue weighted by molar-refractivity contribution is 5.55. The molecule has 0 atom stereocenters. The van der Waals surface area contributed by atoms with Gasteiger partial charge in [0.1, 0.15) is 0 Å². The standard InChI is InChI=1S/C23H32N2/c1-2-3-4-5-7-10-19-17-24-23(25-18-19)22-15-13-21(14-16-22)20-11-8-6-9-12-20/h13-18,20H,2-12H2,1H3. The molecule has 25 heavy (non-hydrogen) atoms. The molecule has 1 saturated carbocycles. The van der Waals surface area contributed by atoms with E-state index in [4.69, 9.17) is 0 Å². The van der Waals surface area contributed by atoms with E-state index in [0.717, 1.165) is 23.7 Å². The maximum atomic E-state index is 4.60. The van der Waals surface area contributed by atoms with Crippen LogP contribution < -0.4 is 0 Å². The minimum Gasteiger partial charge on any atom is -0.236 e. The van der Waals surface area contributed by atoms with Crippen molar-refractivity contribution < 1.29 is 0 Å². The molecule has 0 bridgehead atoms. The van der Waals surface area contributed by atoms with Gasteiger partial charge in [-0.1, -0.05) is 76.1 Å². The zero-order valence-corrected chi connectivity index (χ0v) is 15.7. The molecule has 2 heteroatoms. The van der Waals surface area contributed by atoms with E-state index in [-0.39, 0.29) is 0 Å². The number of aromatic nitrogens is 2. The lowest BCUT2D eigenvalue weighted by molar-refractivity contribution is 0.443. The fourth-order valence-electron chi connectivity index (χ4n) is 3.91. The molecule has 1 aromatic heterocycles. The third-order valence-corrected chi connectivity index (χ3v) is 5.52. The van der Waals surface area contributed by atoms with Gasteiger partial charge in [0, 0.05) is 18.0 Å². The summed E-state index contributed by atoms with van der Waals surface area (Å²) in [5.41, 5.74) is 3.89. The Morgan fingerprint density at radius 1 is 0.840 bits per heavy atom. The first-order valence-corrected chi connectivity index (χ1v) is 10.3. The maximum Gasteiger partial charge on any atom is 0.159 e. The van der Waals surface area contributed by atoms with Crippen LogP contribution in [0, 0.1) is 0 Å². The molecular formula is C23H32N2. The summed E-state index contributed by atoms with van der Waals surface area (Å²) < 4.78 is 0. The molecule has 1 aromatic carbocycles. The van der Waals surface area contributed by atoms with Gasteiger partial charge >= 0.3 is 0 Å². The van der Waals surface area contributed by atoms with Crippen molar-refractivity contribution in [1.29, 1.82) is 0 Å². The molecule has 0 radical (unpaired) electrons. The van der Waals surface area contributed by atoms with Crippen molar-refractivity contribution in [1.82, 2.24) is 9.97 Å². The highest BCUT2D eigenvalue weighted by Gasteiger charge is 2.15. The second kappa shape index (κ2) is 9.70. The molecule has 0 amide bonds. The Morgan fingerprint density at radius 2 is 1.52 bits per heavy atom. The van der Waals surface area contributed by atoms with Crippen molar-refractivity contribution in [3.8, 4) is 11.4 Å². The molecule has 0 N–H and O–H groups in total. The minimum absolute atomic E-state index is 0.763. The molecule has 0 spiro atoms. The van der Waals surface area contributed by atoms with Crippen molar-refractivity contribution in [3.05, 3.63) is 47.8 Å². The Kier molecular flexibility index (Phi) is 7.02. The van der Waals surface area contributed by atoms with Gasteiger partial charge in [0.2, 0.25) is 0 Å². The molecule has 2 aromatic rings. The molecule has 134 valence electrons. The summed E-state index contributed by atoms with van der Waals surface area (Å²) in [4.78, 5) is 9.19. The molecular weight excluding hydrogens is 304 g/mol. The third kappa shape index (κ3) is 5.39. The van der Waals surface area contributed by atoms with E-state index in [1.165, 1.54) is 75.3 Å². The summed E-state index contributed by atoms with van der Waals surface area (Å²) in [5, 5.41) is 0. The van der Waals surface area contributed by atoms with Crippen molar-refractivity contribution in [2.75, 3.05) is 0 Å². The number of hydrogen-bond donors (Lipinski definition) is 0.